The zero-order valence-corrected chi connectivity index (χ0v) is 15.7. The molecule has 0 spiro atoms. The smallest absolute Gasteiger partial charge is 0.324 e. The van der Waals surface area contributed by atoms with Gasteiger partial charge in [-0.3, -0.25) is 14.9 Å². The fraction of sp³-hybridized carbons (Fsp3) is 0.278. The van der Waals surface area contributed by atoms with Crippen LogP contribution >= 0.6 is 0 Å². The minimum atomic E-state index is -4.34. The van der Waals surface area contributed by atoms with Gasteiger partial charge in [0.1, 0.15) is 6.04 Å². The van der Waals surface area contributed by atoms with Crippen LogP contribution in [0.15, 0.2) is 53.4 Å². The van der Waals surface area contributed by atoms with E-state index >= 15 is 0 Å². The van der Waals surface area contributed by atoms with Gasteiger partial charge in [0.2, 0.25) is 10.0 Å². The van der Waals surface area contributed by atoms with Gasteiger partial charge in [-0.25, -0.2) is 8.42 Å². The molecule has 2 aromatic rings. The van der Waals surface area contributed by atoms with Gasteiger partial charge in [-0.15, -0.1) is 0 Å². The number of ether oxygens (including phenoxy) is 1. The molecule has 0 aliphatic rings. The van der Waals surface area contributed by atoms with Gasteiger partial charge >= 0.3 is 5.97 Å². The molecule has 144 valence electrons. The van der Waals surface area contributed by atoms with Crippen molar-refractivity contribution in [2.75, 3.05) is 6.61 Å². The molecule has 2 rings (SSSR count). The maximum Gasteiger partial charge on any atom is 0.324 e. The van der Waals surface area contributed by atoms with Crippen LogP contribution in [0.3, 0.4) is 0 Å². The van der Waals surface area contributed by atoms with Gasteiger partial charge in [0.05, 0.1) is 11.5 Å². The highest BCUT2D eigenvalue weighted by Gasteiger charge is 2.33. The minimum absolute atomic E-state index is 0.0541. The van der Waals surface area contributed by atoms with Crippen molar-refractivity contribution in [2.24, 2.45) is 0 Å². The first-order valence-electron chi connectivity index (χ1n) is 8.23. The predicted molar refractivity (Wildman–Crippen MR) is 98.7 cm³/mol. The summed E-state index contributed by atoms with van der Waals surface area (Å²) in [6.07, 6.45) is 0.0541. The van der Waals surface area contributed by atoms with Crippen molar-refractivity contribution >= 4 is 21.7 Å². The Hall–Kier alpha value is -2.78. The van der Waals surface area contributed by atoms with Crippen molar-refractivity contribution in [3.8, 4) is 0 Å². The average molecular weight is 392 g/mol. The molecule has 0 bridgehead atoms. The number of hydrogen-bond acceptors (Lipinski definition) is 6. The van der Waals surface area contributed by atoms with Crippen LogP contribution in [-0.4, -0.2) is 32.0 Å². The number of hydrogen-bond donors (Lipinski definition) is 1. The maximum atomic E-state index is 12.9. The van der Waals surface area contributed by atoms with Gasteiger partial charge in [0.15, 0.2) is 4.90 Å². The Balaban J connectivity index is 2.41. The summed E-state index contributed by atoms with van der Waals surface area (Å²) in [6, 6.07) is 11.6. The summed E-state index contributed by atoms with van der Waals surface area (Å²) in [5.74, 6) is -0.749. The molecule has 0 aliphatic heterocycles. The fourth-order valence-electron chi connectivity index (χ4n) is 2.64. The average Bonchev–Trinajstić information content (AvgIpc) is 2.61. The molecule has 0 amide bonds. The Kier molecular flexibility index (Phi) is 6.65. The van der Waals surface area contributed by atoms with Gasteiger partial charge in [-0.2, -0.15) is 4.72 Å². The van der Waals surface area contributed by atoms with Crippen molar-refractivity contribution in [1.29, 1.82) is 0 Å². The lowest BCUT2D eigenvalue weighted by Crippen LogP contribution is -2.43. The number of benzene rings is 2. The number of sulfonamides is 1. The summed E-state index contributed by atoms with van der Waals surface area (Å²) >= 11 is 0. The molecule has 0 aliphatic carbocycles. The SMILES string of the molecule is CCOC(=O)C(Cc1ccccc1)NS(=O)(=O)c1c(C)cccc1[N+](=O)[O-]. The van der Waals surface area contributed by atoms with Crippen LogP contribution in [0.25, 0.3) is 0 Å². The number of esters is 1. The van der Waals surface area contributed by atoms with E-state index in [2.05, 4.69) is 4.72 Å². The molecular weight excluding hydrogens is 372 g/mol. The number of nitro groups is 1. The molecule has 1 N–H and O–H groups in total. The second-order valence-corrected chi connectivity index (χ2v) is 7.45. The van der Waals surface area contributed by atoms with Crippen LogP contribution in [0, 0.1) is 17.0 Å². The Morgan fingerprint density at radius 2 is 1.85 bits per heavy atom. The lowest BCUT2D eigenvalue weighted by molar-refractivity contribution is -0.387. The van der Waals surface area contributed by atoms with Gasteiger partial charge in [-0.1, -0.05) is 42.5 Å². The zero-order valence-electron chi connectivity index (χ0n) is 14.9. The van der Waals surface area contributed by atoms with Crippen molar-refractivity contribution in [3.05, 3.63) is 69.8 Å². The number of aryl methyl sites for hydroxylation is 1. The van der Waals surface area contributed by atoms with Crippen LogP contribution in [0.4, 0.5) is 5.69 Å². The Labute approximate surface area is 157 Å². The van der Waals surface area contributed by atoms with E-state index in [1.165, 1.54) is 19.1 Å². The second-order valence-electron chi connectivity index (χ2n) is 5.80. The van der Waals surface area contributed by atoms with E-state index in [1.54, 1.807) is 37.3 Å². The number of nitrogens with zero attached hydrogens (tertiary/aromatic N) is 1. The number of carbonyl (C=O) groups is 1. The van der Waals surface area contributed by atoms with E-state index in [4.69, 9.17) is 4.74 Å². The third kappa shape index (κ3) is 5.11. The standard InChI is InChI=1S/C18H20N2O6S/c1-3-26-18(21)15(12-14-9-5-4-6-10-14)19-27(24,25)17-13(2)8-7-11-16(17)20(22)23/h4-11,15,19H,3,12H2,1-2H3. The Morgan fingerprint density at radius 3 is 2.44 bits per heavy atom. The summed E-state index contributed by atoms with van der Waals surface area (Å²) < 4.78 is 33.0. The second kappa shape index (κ2) is 8.74. The van der Waals surface area contributed by atoms with Gasteiger partial charge in [0, 0.05) is 6.07 Å². The molecule has 0 fully saturated rings. The molecule has 1 atom stereocenters. The largest absolute Gasteiger partial charge is 0.465 e. The summed E-state index contributed by atoms with van der Waals surface area (Å²) in [7, 11) is -4.34. The highest BCUT2D eigenvalue weighted by Crippen LogP contribution is 2.27. The molecule has 0 saturated carbocycles. The first-order valence-corrected chi connectivity index (χ1v) is 9.71. The zero-order chi connectivity index (χ0) is 20.0. The molecule has 1 unspecified atom stereocenters. The number of carbonyl (C=O) groups excluding carboxylic acids is 1. The highest BCUT2D eigenvalue weighted by atomic mass is 32.2. The maximum absolute atomic E-state index is 12.9. The molecule has 0 radical (unpaired) electrons. The first-order chi connectivity index (χ1) is 12.8. The van der Waals surface area contributed by atoms with Crippen LogP contribution in [0.5, 0.6) is 0 Å². The Bertz CT molecular complexity index is 928. The minimum Gasteiger partial charge on any atom is -0.465 e. The number of rotatable bonds is 8. The third-order valence-corrected chi connectivity index (χ3v) is 5.47. The highest BCUT2D eigenvalue weighted by molar-refractivity contribution is 7.89. The van der Waals surface area contributed by atoms with E-state index in [9.17, 15) is 23.3 Å². The normalized spacial score (nSPS) is 12.4. The van der Waals surface area contributed by atoms with Crippen LogP contribution in [-0.2, 0) is 26.0 Å². The summed E-state index contributed by atoms with van der Waals surface area (Å²) in [5.41, 5.74) is 0.376. The van der Waals surface area contributed by atoms with Gasteiger partial charge < -0.3 is 4.74 Å². The topological polar surface area (TPSA) is 116 Å². The van der Waals surface area contributed by atoms with E-state index in [-0.39, 0.29) is 18.6 Å². The molecule has 0 heterocycles. The number of nitro benzene ring substituents is 1. The fourth-order valence-corrected chi connectivity index (χ4v) is 4.22. The van der Waals surface area contributed by atoms with Gasteiger partial charge in [0.25, 0.3) is 5.69 Å². The molecule has 27 heavy (non-hydrogen) atoms. The molecular formula is C18H20N2O6S. The molecule has 2 aromatic carbocycles. The first kappa shape index (κ1) is 20.5. The van der Waals surface area contributed by atoms with Crippen molar-refractivity contribution in [1.82, 2.24) is 4.72 Å². The van der Waals surface area contributed by atoms with Crippen LogP contribution in [0.2, 0.25) is 0 Å². The number of nitrogens with one attached hydrogen (secondary N) is 1. The molecule has 0 aromatic heterocycles. The third-order valence-electron chi connectivity index (χ3n) is 3.81. The summed E-state index contributed by atoms with van der Waals surface area (Å²) in [4.78, 5) is 22.3. The van der Waals surface area contributed by atoms with E-state index in [1.807, 2.05) is 0 Å². The van der Waals surface area contributed by atoms with Crippen molar-refractivity contribution in [3.63, 3.8) is 0 Å². The lowest BCUT2D eigenvalue weighted by Gasteiger charge is -2.18. The van der Waals surface area contributed by atoms with Crippen molar-refractivity contribution in [2.45, 2.75) is 31.2 Å². The van der Waals surface area contributed by atoms with E-state index < -0.39 is 37.5 Å². The Morgan fingerprint density at radius 1 is 1.19 bits per heavy atom. The van der Waals surface area contributed by atoms with Gasteiger partial charge in [-0.05, 0) is 31.4 Å². The monoisotopic (exact) mass is 392 g/mol. The molecule has 8 nitrogen and oxygen atoms in total. The summed E-state index contributed by atoms with van der Waals surface area (Å²) in [5, 5.41) is 11.3. The van der Waals surface area contributed by atoms with E-state index in [0.29, 0.717) is 0 Å². The molecule has 9 heteroatoms. The lowest BCUT2D eigenvalue weighted by atomic mass is 10.1. The van der Waals surface area contributed by atoms with Crippen LogP contribution in [0.1, 0.15) is 18.1 Å². The summed E-state index contributed by atoms with van der Waals surface area (Å²) in [6.45, 7) is 3.15. The predicted octanol–water partition coefficient (Wildman–Crippen LogP) is 2.36. The molecule has 0 saturated heterocycles. The van der Waals surface area contributed by atoms with Crippen LogP contribution < -0.4 is 4.72 Å². The van der Waals surface area contributed by atoms with Crippen molar-refractivity contribution < 1.29 is 22.9 Å². The van der Waals surface area contributed by atoms with E-state index in [0.717, 1.165) is 11.6 Å². The quantitative estimate of drug-likeness (QED) is 0.419.